The Bertz CT molecular complexity index is 834. The van der Waals surface area contributed by atoms with Crippen molar-refractivity contribution in [2.75, 3.05) is 0 Å². The van der Waals surface area contributed by atoms with Gasteiger partial charge in [-0.25, -0.2) is 8.78 Å². The largest absolute Gasteiger partial charge is 0.294 e. The first-order valence-corrected chi connectivity index (χ1v) is 7.90. The highest BCUT2D eigenvalue weighted by atomic mass is 19.1. The van der Waals surface area contributed by atoms with Gasteiger partial charge in [0.2, 0.25) is 0 Å². The molecule has 0 spiro atoms. The van der Waals surface area contributed by atoms with Gasteiger partial charge in [0, 0.05) is 12.0 Å². The normalized spacial score (nSPS) is 10.6. The number of carbonyl (C=O) groups is 3. The highest BCUT2D eigenvalue weighted by Gasteiger charge is 2.20. The molecule has 0 aliphatic carbocycles. The number of Topliss-reactive ketones (excluding diaryl/α,β-unsaturated/α-hetero) is 3. The molecular weight excluding hydrogens is 326 g/mol. The predicted molar refractivity (Wildman–Crippen MR) is 90.2 cm³/mol. The first-order valence-electron chi connectivity index (χ1n) is 7.90. The molecule has 0 saturated heterocycles. The Kier molecular flexibility index (Phi) is 5.57. The smallest absolute Gasteiger partial charge is 0.167 e. The summed E-state index contributed by atoms with van der Waals surface area (Å²) in [7, 11) is 0. The Morgan fingerprint density at radius 1 is 0.920 bits per heavy atom. The Morgan fingerprint density at radius 2 is 1.48 bits per heavy atom. The van der Waals surface area contributed by atoms with E-state index < -0.39 is 29.0 Å². The Hall–Kier alpha value is -2.69. The molecule has 0 atom stereocenters. The van der Waals surface area contributed by atoms with E-state index in [2.05, 4.69) is 0 Å². The Labute approximate surface area is 144 Å². The number of hydrogen-bond acceptors (Lipinski definition) is 3. The number of hydrogen-bond donors (Lipinski definition) is 0. The lowest BCUT2D eigenvalue weighted by molar-refractivity contribution is 0.0991. The molecule has 0 radical (unpaired) electrons. The molecule has 0 fully saturated rings. The van der Waals surface area contributed by atoms with E-state index in [0.717, 1.165) is 31.5 Å². The molecule has 2 rings (SSSR count). The van der Waals surface area contributed by atoms with Crippen LogP contribution in [0.3, 0.4) is 0 Å². The topological polar surface area (TPSA) is 51.2 Å². The zero-order chi connectivity index (χ0) is 18.7. The second-order valence-electron chi connectivity index (χ2n) is 5.88. The van der Waals surface area contributed by atoms with Crippen molar-refractivity contribution in [2.45, 2.75) is 33.6 Å². The molecule has 0 heterocycles. The Morgan fingerprint density at radius 3 is 1.96 bits per heavy atom. The monoisotopic (exact) mass is 344 g/mol. The summed E-state index contributed by atoms with van der Waals surface area (Å²) in [5.41, 5.74) is 0.482. The molecule has 0 aromatic heterocycles. The SMILES string of the molecule is CCc1ccc(F)c(CC(=O)c2cc(C(C)=O)c(F)c(C(C)=O)c2)c1. The minimum Gasteiger partial charge on any atom is -0.294 e. The van der Waals surface area contributed by atoms with Gasteiger partial charge in [0.25, 0.3) is 0 Å². The summed E-state index contributed by atoms with van der Waals surface area (Å²) < 4.78 is 28.1. The van der Waals surface area contributed by atoms with Crippen molar-refractivity contribution in [1.29, 1.82) is 0 Å². The average molecular weight is 344 g/mol. The van der Waals surface area contributed by atoms with Gasteiger partial charge in [-0.2, -0.15) is 0 Å². The first-order chi connectivity index (χ1) is 11.7. The number of benzene rings is 2. The first kappa shape index (κ1) is 18.6. The summed E-state index contributed by atoms with van der Waals surface area (Å²) in [5.74, 6) is -3.11. The van der Waals surface area contributed by atoms with Crippen molar-refractivity contribution in [3.8, 4) is 0 Å². The average Bonchev–Trinajstić information content (AvgIpc) is 2.56. The Balaban J connectivity index is 2.46. The lowest BCUT2D eigenvalue weighted by Crippen LogP contribution is -2.12. The molecule has 130 valence electrons. The van der Waals surface area contributed by atoms with E-state index in [9.17, 15) is 23.2 Å². The maximum absolute atomic E-state index is 14.2. The van der Waals surface area contributed by atoms with Gasteiger partial charge in [-0.05, 0) is 49.6 Å². The number of carbonyl (C=O) groups excluding carboxylic acids is 3. The molecule has 0 aliphatic heterocycles. The number of aryl methyl sites for hydroxylation is 1. The number of rotatable bonds is 6. The van der Waals surface area contributed by atoms with E-state index in [1.165, 1.54) is 6.07 Å². The van der Waals surface area contributed by atoms with Crippen molar-refractivity contribution >= 4 is 17.3 Å². The summed E-state index contributed by atoms with van der Waals surface area (Å²) in [6.07, 6.45) is 0.459. The quantitative estimate of drug-likeness (QED) is 0.732. The molecule has 0 unspecified atom stereocenters. The van der Waals surface area contributed by atoms with E-state index >= 15 is 0 Å². The van der Waals surface area contributed by atoms with Crippen LogP contribution in [0, 0.1) is 11.6 Å². The molecular formula is C20H18F2O3. The highest BCUT2D eigenvalue weighted by Crippen LogP contribution is 2.20. The molecule has 0 N–H and O–H groups in total. The summed E-state index contributed by atoms with van der Waals surface area (Å²) in [6.45, 7) is 4.22. The van der Waals surface area contributed by atoms with Crippen molar-refractivity contribution in [3.63, 3.8) is 0 Å². The van der Waals surface area contributed by atoms with Crippen LogP contribution in [0.1, 0.15) is 63.0 Å². The minimum atomic E-state index is -0.935. The zero-order valence-electron chi connectivity index (χ0n) is 14.3. The third kappa shape index (κ3) is 4.05. The van der Waals surface area contributed by atoms with Crippen molar-refractivity contribution in [2.24, 2.45) is 0 Å². The van der Waals surface area contributed by atoms with Crippen LogP contribution in [-0.4, -0.2) is 17.3 Å². The molecule has 0 bridgehead atoms. The predicted octanol–water partition coefficient (Wildman–Crippen LogP) is 4.36. The zero-order valence-corrected chi connectivity index (χ0v) is 14.3. The van der Waals surface area contributed by atoms with Gasteiger partial charge < -0.3 is 0 Å². The van der Waals surface area contributed by atoms with E-state index in [-0.39, 0.29) is 28.7 Å². The van der Waals surface area contributed by atoms with E-state index in [4.69, 9.17) is 0 Å². The van der Waals surface area contributed by atoms with E-state index in [1.807, 2.05) is 6.92 Å². The summed E-state index contributed by atoms with van der Waals surface area (Å²) in [6, 6.07) is 6.79. The fourth-order valence-corrected chi connectivity index (χ4v) is 2.56. The van der Waals surface area contributed by atoms with Crippen LogP contribution < -0.4 is 0 Å². The van der Waals surface area contributed by atoms with Crippen LogP contribution in [0.15, 0.2) is 30.3 Å². The molecule has 0 aliphatic rings. The van der Waals surface area contributed by atoms with Crippen molar-refractivity contribution in [1.82, 2.24) is 0 Å². The van der Waals surface area contributed by atoms with Gasteiger partial charge in [0.15, 0.2) is 17.3 Å². The summed E-state index contributed by atoms with van der Waals surface area (Å²) in [5, 5.41) is 0. The lowest BCUT2D eigenvalue weighted by atomic mass is 9.95. The standard InChI is InChI=1S/C20H18F2O3/c1-4-13-5-6-18(21)14(7-13)10-19(25)15-8-16(11(2)23)20(22)17(9-15)12(3)24/h5-9H,4,10H2,1-3H3. The van der Waals surface area contributed by atoms with Gasteiger partial charge in [-0.1, -0.05) is 19.1 Å². The van der Waals surface area contributed by atoms with Gasteiger partial charge in [0.1, 0.15) is 11.6 Å². The maximum Gasteiger partial charge on any atom is 0.167 e. The molecule has 0 saturated carbocycles. The van der Waals surface area contributed by atoms with E-state index in [0.29, 0.717) is 6.42 Å². The van der Waals surface area contributed by atoms with Crippen LogP contribution >= 0.6 is 0 Å². The summed E-state index contributed by atoms with van der Waals surface area (Å²) >= 11 is 0. The van der Waals surface area contributed by atoms with Crippen LogP contribution in [0.2, 0.25) is 0 Å². The third-order valence-electron chi connectivity index (χ3n) is 4.02. The highest BCUT2D eigenvalue weighted by molar-refractivity contribution is 6.05. The lowest BCUT2D eigenvalue weighted by Gasteiger charge is -2.09. The molecule has 25 heavy (non-hydrogen) atoms. The van der Waals surface area contributed by atoms with Gasteiger partial charge in [-0.3, -0.25) is 14.4 Å². The van der Waals surface area contributed by atoms with Crippen molar-refractivity contribution in [3.05, 3.63) is 69.8 Å². The second-order valence-corrected chi connectivity index (χ2v) is 5.88. The summed E-state index contributed by atoms with van der Waals surface area (Å²) in [4.78, 5) is 35.7. The third-order valence-corrected chi connectivity index (χ3v) is 4.02. The van der Waals surface area contributed by atoms with Gasteiger partial charge in [0.05, 0.1) is 11.1 Å². The molecule has 2 aromatic carbocycles. The number of ketones is 3. The van der Waals surface area contributed by atoms with Crippen LogP contribution in [-0.2, 0) is 12.8 Å². The van der Waals surface area contributed by atoms with Gasteiger partial charge >= 0.3 is 0 Å². The number of halogens is 2. The minimum absolute atomic E-state index is 0.0121. The molecule has 3 nitrogen and oxygen atoms in total. The maximum atomic E-state index is 14.2. The van der Waals surface area contributed by atoms with Crippen LogP contribution in [0.5, 0.6) is 0 Å². The van der Waals surface area contributed by atoms with Crippen LogP contribution in [0.4, 0.5) is 8.78 Å². The fraction of sp³-hybridized carbons (Fsp3) is 0.250. The van der Waals surface area contributed by atoms with Crippen molar-refractivity contribution < 1.29 is 23.2 Å². The molecule has 5 heteroatoms. The molecule has 0 amide bonds. The van der Waals surface area contributed by atoms with Crippen LogP contribution in [0.25, 0.3) is 0 Å². The fourth-order valence-electron chi connectivity index (χ4n) is 2.56. The van der Waals surface area contributed by atoms with E-state index in [1.54, 1.807) is 12.1 Å². The second kappa shape index (κ2) is 7.47. The molecule has 2 aromatic rings. The van der Waals surface area contributed by atoms with Gasteiger partial charge in [-0.15, -0.1) is 0 Å².